The third-order valence-electron chi connectivity index (χ3n) is 2.79. The molecule has 0 aliphatic rings. The molecule has 0 bridgehead atoms. The summed E-state index contributed by atoms with van der Waals surface area (Å²) in [4.78, 5) is 11.7. The van der Waals surface area contributed by atoms with Gasteiger partial charge in [0.1, 0.15) is 11.4 Å². The van der Waals surface area contributed by atoms with Crippen LogP contribution in [0.3, 0.4) is 0 Å². The number of anilines is 1. The summed E-state index contributed by atoms with van der Waals surface area (Å²) in [6, 6.07) is 0.368. The Balaban J connectivity index is 2.49. The number of aromatic nitrogens is 2. The number of rotatable bonds is 7. The Hall–Kier alpha value is -1.82. The normalized spacial score (nSPS) is 12.8. The zero-order valence-corrected chi connectivity index (χ0v) is 13.3. The number of hydrogen-bond donors (Lipinski definition) is 3. The van der Waals surface area contributed by atoms with Gasteiger partial charge in [-0.25, -0.2) is 4.79 Å². The Morgan fingerprint density at radius 3 is 2.90 bits per heavy atom. The summed E-state index contributed by atoms with van der Waals surface area (Å²) in [5.74, 6) is 0.563. The predicted octanol–water partition coefficient (Wildman–Crippen LogP) is 3.20. The summed E-state index contributed by atoms with van der Waals surface area (Å²) < 4.78 is 5.22. The number of carbonyl (C=O) groups is 1. The molecule has 118 valence electrons. The smallest absolute Gasteiger partial charge is 0.413 e. The lowest BCUT2D eigenvalue weighted by Crippen LogP contribution is -2.28. The molecule has 0 saturated heterocycles. The van der Waals surface area contributed by atoms with Crippen LogP contribution in [0.4, 0.5) is 10.6 Å². The third-order valence-corrected chi connectivity index (χ3v) is 2.79. The molecular weight excluding hydrogens is 268 g/mol. The van der Waals surface area contributed by atoms with E-state index in [1.165, 1.54) is 0 Å². The van der Waals surface area contributed by atoms with E-state index in [4.69, 9.17) is 4.74 Å². The monoisotopic (exact) mass is 294 g/mol. The molecule has 1 unspecified atom stereocenters. The molecule has 1 atom stereocenters. The molecule has 0 fully saturated rings. The Kier molecular flexibility index (Phi) is 6.42. The maximum atomic E-state index is 11.7. The van der Waals surface area contributed by atoms with Crippen molar-refractivity contribution in [3.63, 3.8) is 0 Å². The first-order valence-corrected chi connectivity index (χ1v) is 7.18. The maximum Gasteiger partial charge on any atom is 0.413 e. The number of allylic oxidation sites excluding steroid dienone is 1. The molecule has 0 aliphatic heterocycles. The van der Waals surface area contributed by atoms with Crippen molar-refractivity contribution in [1.29, 1.82) is 0 Å². The zero-order valence-electron chi connectivity index (χ0n) is 13.3. The largest absolute Gasteiger partial charge is 0.444 e. The average molecular weight is 294 g/mol. The minimum Gasteiger partial charge on any atom is -0.444 e. The second-order valence-electron chi connectivity index (χ2n) is 6.05. The SMILES string of the molecule is C=CCCC(C)NCc1cn[nH]c1NC(=O)OC(C)(C)C. The van der Waals surface area contributed by atoms with Crippen molar-refractivity contribution < 1.29 is 9.53 Å². The maximum absolute atomic E-state index is 11.7. The van der Waals surface area contributed by atoms with E-state index in [1.807, 2.05) is 26.8 Å². The van der Waals surface area contributed by atoms with Crippen LogP contribution in [0.25, 0.3) is 0 Å². The highest BCUT2D eigenvalue weighted by molar-refractivity contribution is 5.84. The fourth-order valence-corrected chi connectivity index (χ4v) is 1.71. The highest BCUT2D eigenvalue weighted by Crippen LogP contribution is 2.14. The topological polar surface area (TPSA) is 79.0 Å². The molecule has 1 heterocycles. The molecule has 1 aromatic rings. The van der Waals surface area contributed by atoms with Gasteiger partial charge in [0.05, 0.1) is 6.20 Å². The fourth-order valence-electron chi connectivity index (χ4n) is 1.71. The number of ether oxygens (including phenoxy) is 1. The number of aromatic amines is 1. The lowest BCUT2D eigenvalue weighted by molar-refractivity contribution is 0.0635. The van der Waals surface area contributed by atoms with E-state index in [-0.39, 0.29) is 0 Å². The van der Waals surface area contributed by atoms with Gasteiger partial charge in [-0.2, -0.15) is 5.10 Å². The number of H-pyrrole nitrogens is 1. The van der Waals surface area contributed by atoms with Crippen molar-refractivity contribution in [2.24, 2.45) is 0 Å². The van der Waals surface area contributed by atoms with Crippen LogP contribution >= 0.6 is 0 Å². The van der Waals surface area contributed by atoms with Crippen LogP contribution in [0.15, 0.2) is 18.9 Å². The first-order valence-electron chi connectivity index (χ1n) is 7.18. The Labute approximate surface area is 126 Å². The molecule has 0 aliphatic carbocycles. The summed E-state index contributed by atoms with van der Waals surface area (Å²) in [7, 11) is 0. The number of nitrogens with zero attached hydrogens (tertiary/aromatic N) is 1. The minimum absolute atomic E-state index is 0.368. The molecular formula is C15H26N4O2. The summed E-state index contributed by atoms with van der Waals surface area (Å²) in [5.41, 5.74) is 0.369. The first-order chi connectivity index (χ1) is 9.81. The molecule has 1 aromatic heterocycles. The standard InChI is InChI=1S/C15H26N4O2/c1-6-7-8-11(2)16-9-12-10-17-19-13(12)18-14(20)21-15(3,4)5/h6,10-11,16H,1,7-9H2,2-5H3,(H2,17,18,19,20). The van der Waals surface area contributed by atoms with Gasteiger partial charge >= 0.3 is 6.09 Å². The van der Waals surface area contributed by atoms with Gasteiger partial charge in [0.15, 0.2) is 0 Å². The molecule has 21 heavy (non-hydrogen) atoms. The van der Waals surface area contributed by atoms with Crippen molar-refractivity contribution in [3.8, 4) is 0 Å². The van der Waals surface area contributed by atoms with E-state index in [0.29, 0.717) is 18.4 Å². The fraction of sp³-hybridized carbons (Fsp3) is 0.600. The molecule has 1 rings (SSSR count). The highest BCUT2D eigenvalue weighted by atomic mass is 16.6. The molecule has 1 amide bonds. The van der Waals surface area contributed by atoms with Crippen LogP contribution in [0, 0.1) is 0 Å². The minimum atomic E-state index is -0.526. The second-order valence-corrected chi connectivity index (χ2v) is 6.05. The van der Waals surface area contributed by atoms with Gasteiger partial charge in [-0.1, -0.05) is 6.08 Å². The number of carbonyl (C=O) groups excluding carboxylic acids is 1. The van der Waals surface area contributed by atoms with E-state index in [1.54, 1.807) is 6.20 Å². The molecule has 6 heteroatoms. The van der Waals surface area contributed by atoms with Gasteiger partial charge in [-0.15, -0.1) is 6.58 Å². The van der Waals surface area contributed by atoms with Crippen LogP contribution in [-0.4, -0.2) is 27.9 Å². The number of amides is 1. The number of hydrogen-bond acceptors (Lipinski definition) is 4. The van der Waals surface area contributed by atoms with Crippen molar-refractivity contribution in [2.75, 3.05) is 5.32 Å². The molecule has 0 saturated carbocycles. The van der Waals surface area contributed by atoms with Gasteiger partial charge in [0, 0.05) is 18.2 Å². The Morgan fingerprint density at radius 2 is 2.29 bits per heavy atom. The van der Waals surface area contributed by atoms with Crippen LogP contribution in [0.2, 0.25) is 0 Å². The molecule has 6 nitrogen and oxygen atoms in total. The van der Waals surface area contributed by atoms with E-state index in [2.05, 4.69) is 34.3 Å². The van der Waals surface area contributed by atoms with Gasteiger partial charge < -0.3 is 10.1 Å². The Bertz CT molecular complexity index is 462. The van der Waals surface area contributed by atoms with Crippen LogP contribution < -0.4 is 10.6 Å². The Morgan fingerprint density at radius 1 is 1.57 bits per heavy atom. The van der Waals surface area contributed by atoms with Gasteiger partial charge in [0.2, 0.25) is 0 Å². The molecule has 0 aromatic carbocycles. The third kappa shape index (κ3) is 6.94. The lowest BCUT2D eigenvalue weighted by Gasteiger charge is -2.19. The number of nitrogens with one attached hydrogen (secondary N) is 3. The lowest BCUT2D eigenvalue weighted by atomic mass is 10.2. The van der Waals surface area contributed by atoms with Crippen LogP contribution in [-0.2, 0) is 11.3 Å². The molecule has 3 N–H and O–H groups in total. The molecule has 0 spiro atoms. The second kappa shape index (κ2) is 7.83. The van der Waals surface area contributed by atoms with Crippen LogP contribution in [0.1, 0.15) is 46.1 Å². The summed E-state index contributed by atoms with van der Waals surface area (Å²) >= 11 is 0. The van der Waals surface area contributed by atoms with Crippen molar-refractivity contribution in [3.05, 3.63) is 24.4 Å². The van der Waals surface area contributed by atoms with Crippen molar-refractivity contribution in [1.82, 2.24) is 15.5 Å². The van der Waals surface area contributed by atoms with Gasteiger partial charge in [-0.05, 0) is 40.5 Å². The van der Waals surface area contributed by atoms with E-state index in [0.717, 1.165) is 18.4 Å². The summed E-state index contributed by atoms with van der Waals surface area (Å²) in [5, 5.41) is 12.8. The first kappa shape index (κ1) is 17.2. The molecule has 0 radical (unpaired) electrons. The summed E-state index contributed by atoms with van der Waals surface area (Å²) in [6.07, 6.45) is 5.11. The van der Waals surface area contributed by atoms with Crippen LogP contribution in [0.5, 0.6) is 0 Å². The van der Waals surface area contributed by atoms with Gasteiger partial charge in [-0.3, -0.25) is 10.4 Å². The quantitative estimate of drug-likeness (QED) is 0.675. The van der Waals surface area contributed by atoms with Crippen molar-refractivity contribution in [2.45, 2.75) is 58.7 Å². The average Bonchev–Trinajstić information content (AvgIpc) is 2.78. The van der Waals surface area contributed by atoms with E-state index in [9.17, 15) is 4.79 Å². The van der Waals surface area contributed by atoms with E-state index >= 15 is 0 Å². The zero-order chi connectivity index (χ0) is 15.9. The predicted molar refractivity (Wildman–Crippen MR) is 84.2 cm³/mol. The highest BCUT2D eigenvalue weighted by Gasteiger charge is 2.18. The van der Waals surface area contributed by atoms with Crippen molar-refractivity contribution >= 4 is 11.9 Å². The van der Waals surface area contributed by atoms with Gasteiger partial charge in [0.25, 0.3) is 0 Å². The summed E-state index contributed by atoms with van der Waals surface area (Å²) in [6.45, 7) is 11.9. The van der Waals surface area contributed by atoms with E-state index < -0.39 is 11.7 Å².